The van der Waals surface area contributed by atoms with Crippen molar-refractivity contribution < 1.29 is 17.9 Å². The molecule has 0 amide bonds. The van der Waals surface area contributed by atoms with Gasteiger partial charge in [0, 0.05) is 42.1 Å². The van der Waals surface area contributed by atoms with E-state index in [0.29, 0.717) is 32.7 Å². The van der Waals surface area contributed by atoms with Crippen molar-refractivity contribution in [3.8, 4) is 17.1 Å². The average molecular weight is 543 g/mol. The summed E-state index contributed by atoms with van der Waals surface area (Å²) in [7, 11) is 3.34. The van der Waals surface area contributed by atoms with Crippen molar-refractivity contribution in [3.05, 3.63) is 75.5 Å². The van der Waals surface area contributed by atoms with Crippen LogP contribution >= 0.6 is 11.6 Å². The number of hydrogen-bond acceptors (Lipinski definition) is 7. The quantitative estimate of drug-likeness (QED) is 0.303. The van der Waals surface area contributed by atoms with E-state index in [1.54, 1.807) is 37.0 Å². The molecule has 5 aromatic rings. The number of halogens is 4. The van der Waals surface area contributed by atoms with Gasteiger partial charge >= 0.3 is 0 Å². The monoisotopic (exact) mass is 542 g/mol. The number of nitrogens with two attached hydrogens (primary N) is 2. The molecule has 0 radical (unpaired) electrons. The second kappa shape index (κ2) is 9.62. The van der Waals surface area contributed by atoms with Crippen molar-refractivity contribution in [1.29, 1.82) is 0 Å². The van der Waals surface area contributed by atoms with Crippen molar-refractivity contribution in [1.82, 2.24) is 29.5 Å². The van der Waals surface area contributed by atoms with Crippen molar-refractivity contribution in [2.45, 2.75) is 20.0 Å². The summed E-state index contributed by atoms with van der Waals surface area (Å²) in [5.41, 5.74) is 15.4. The molecule has 196 valence electrons. The van der Waals surface area contributed by atoms with Gasteiger partial charge in [-0.2, -0.15) is 24.8 Å². The first-order chi connectivity index (χ1) is 18.1. The number of ether oxygens (including phenoxy) is 1. The van der Waals surface area contributed by atoms with E-state index in [-0.39, 0.29) is 36.3 Å². The third-order valence-corrected chi connectivity index (χ3v) is 6.45. The number of aromatic nitrogens is 6. The van der Waals surface area contributed by atoms with Crippen LogP contribution in [0.5, 0.6) is 0 Å². The second-order valence-corrected chi connectivity index (χ2v) is 9.09. The fourth-order valence-corrected chi connectivity index (χ4v) is 4.67. The fourth-order valence-electron chi connectivity index (χ4n) is 4.50. The highest BCUT2D eigenvalue weighted by Gasteiger charge is 2.24. The van der Waals surface area contributed by atoms with Crippen LogP contribution in [-0.4, -0.2) is 36.6 Å². The Balaban J connectivity index is 1.67. The zero-order valence-electron chi connectivity index (χ0n) is 20.6. The molecule has 9 nitrogen and oxygen atoms in total. The summed E-state index contributed by atoms with van der Waals surface area (Å²) in [6.07, 6.45) is -0.350. The highest BCUT2D eigenvalue weighted by molar-refractivity contribution is 6.31. The van der Waals surface area contributed by atoms with E-state index >= 15 is 0 Å². The van der Waals surface area contributed by atoms with Crippen LogP contribution in [0.3, 0.4) is 0 Å². The molecule has 0 atom stereocenters. The first kappa shape index (κ1) is 25.5. The molecule has 0 spiro atoms. The first-order valence-electron chi connectivity index (χ1n) is 11.3. The zero-order chi connectivity index (χ0) is 27.3. The maximum absolute atomic E-state index is 14.4. The van der Waals surface area contributed by atoms with Crippen LogP contribution in [0.2, 0.25) is 5.02 Å². The molecule has 2 aromatic carbocycles. The van der Waals surface area contributed by atoms with Crippen molar-refractivity contribution in [2.24, 2.45) is 7.05 Å². The van der Waals surface area contributed by atoms with Crippen molar-refractivity contribution in [3.63, 3.8) is 0 Å². The van der Waals surface area contributed by atoms with Crippen molar-refractivity contribution in [2.75, 3.05) is 18.6 Å². The van der Waals surface area contributed by atoms with Crippen LogP contribution in [0.4, 0.5) is 24.8 Å². The lowest BCUT2D eigenvalue weighted by Gasteiger charge is -2.12. The second-order valence-electron chi connectivity index (χ2n) is 8.65. The van der Waals surface area contributed by atoms with Crippen LogP contribution in [-0.2, 0) is 24.8 Å². The minimum Gasteiger partial charge on any atom is -0.383 e. The predicted molar refractivity (Wildman–Crippen MR) is 137 cm³/mol. The summed E-state index contributed by atoms with van der Waals surface area (Å²) in [5, 5.41) is 9.76. The van der Waals surface area contributed by atoms with E-state index < -0.39 is 23.0 Å². The SMILES string of the molecule is COCc1c(-c2c(N)nc(-n3nc(Cc4c(F)ccc(F)c4F)c4cc(Cl)ccc43)nc2N)c(C)nn1C. The number of aryl methyl sites for hydroxylation is 2. The molecule has 0 aliphatic rings. The van der Waals surface area contributed by atoms with Gasteiger partial charge in [0.25, 0.3) is 5.95 Å². The Morgan fingerprint density at radius 2 is 1.66 bits per heavy atom. The average Bonchev–Trinajstić information content (AvgIpc) is 3.35. The molecule has 3 heterocycles. The number of methoxy groups -OCH3 is 1. The van der Waals surface area contributed by atoms with Gasteiger partial charge in [-0.25, -0.2) is 13.2 Å². The summed E-state index contributed by atoms with van der Waals surface area (Å²) in [6.45, 7) is 2.07. The standard InChI is InChI=1S/C25H22ClF3N8O/c1-11-20(19(10-38-3)36(2)34-11)21-23(30)32-25(33-24(21)31)37-18-7-4-12(26)8-14(18)17(35-37)9-13-15(27)5-6-16(28)22(13)29/h4-8H,9-10H2,1-3H3,(H4,30,31,32,33). The number of rotatable bonds is 6. The number of nitrogens with zero attached hydrogens (tertiary/aromatic N) is 6. The lowest BCUT2D eigenvalue weighted by molar-refractivity contribution is 0.178. The molecule has 0 aliphatic heterocycles. The summed E-state index contributed by atoms with van der Waals surface area (Å²) >= 11 is 6.20. The number of anilines is 2. The number of hydrogen-bond donors (Lipinski definition) is 2. The Morgan fingerprint density at radius 1 is 0.974 bits per heavy atom. The van der Waals surface area contributed by atoms with Gasteiger partial charge in [0.05, 0.1) is 34.8 Å². The smallest absolute Gasteiger partial charge is 0.255 e. The Bertz CT molecular complexity index is 1690. The molecule has 0 aliphatic carbocycles. The molecule has 5 rings (SSSR count). The molecule has 0 saturated carbocycles. The largest absolute Gasteiger partial charge is 0.383 e. The predicted octanol–water partition coefficient (Wildman–Crippen LogP) is 4.50. The van der Waals surface area contributed by atoms with Crippen LogP contribution in [0.15, 0.2) is 30.3 Å². The topological polar surface area (TPSA) is 123 Å². The van der Waals surface area contributed by atoms with Gasteiger partial charge in [0.2, 0.25) is 0 Å². The molecule has 0 unspecified atom stereocenters. The first-order valence-corrected chi connectivity index (χ1v) is 11.7. The van der Waals surface area contributed by atoms with E-state index in [4.69, 9.17) is 27.8 Å². The summed E-state index contributed by atoms with van der Waals surface area (Å²) in [5.74, 6) is -3.19. The van der Waals surface area contributed by atoms with Gasteiger partial charge in [-0.15, -0.1) is 0 Å². The minimum absolute atomic E-state index is 0.0253. The van der Waals surface area contributed by atoms with E-state index in [9.17, 15) is 13.2 Å². The normalized spacial score (nSPS) is 11.6. The van der Waals surface area contributed by atoms with Gasteiger partial charge in [-0.05, 0) is 37.3 Å². The molecule has 38 heavy (non-hydrogen) atoms. The molecule has 4 N–H and O–H groups in total. The Morgan fingerprint density at radius 3 is 2.34 bits per heavy atom. The summed E-state index contributed by atoms with van der Waals surface area (Å²) in [4.78, 5) is 8.88. The van der Waals surface area contributed by atoms with E-state index in [1.807, 2.05) is 6.92 Å². The number of fused-ring (bicyclic) bond motifs is 1. The number of nitrogen functional groups attached to an aromatic ring is 2. The Hall–Kier alpha value is -4.16. The van der Waals surface area contributed by atoms with Crippen LogP contribution in [0.25, 0.3) is 28.0 Å². The van der Waals surface area contributed by atoms with E-state index in [0.717, 1.165) is 17.8 Å². The number of benzene rings is 2. The minimum atomic E-state index is -1.29. The third-order valence-electron chi connectivity index (χ3n) is 6.22. The van der Waals surface area contributed by atoms with Gasteiger partial charge in [0.15, 0.2) is 11.6 Å². The lowest BCUT2D eigenvalue weighted by Crippen LogP contribution is -2.11. The van der Waals surface area contributed by atoms with Crippen molar-refractivity contribution >= 4 is 34.1 Å². The Labute approximate surface area is 219 Å². The van der Waals surface area contributed by atoms with Crippen LogP contribution in [0, 0.1) is 24.4 Å². The van der Waals surface area contributed by atoms with Gasteiger partial charge in [-0.3, -0.25) is 4.68 Å². The molecular weight excluding hydrogens is 521 g/mol. The molecule has 0 fully saturated rings. The molecule has 3 aromatic heterocycles. The van der Waals surface area contributed by atoms with E-state index in [1.165, 1.54) is 4.68 Å². The summed E-state index contributed by atoms with van der Waals surface area (Å²) < 4.78 is 51.0. The molecule has 0 saturated heterocycles. The highest BCUT2D eigenvalue weighted by Crippen LogP contribution is 2.36. The maximum Gasteiger partial charge on any atom is 0.255 e. The van der Waals surface area contributed by atoms with Crippen LogP contribution < -0.4 is 11.5 Å². The third kappa shape index (κ3) is 4.21. The van der Waals surface area contributed by atoms with Crippen LogP contribution in [0.1, 0.15) is 22.6 Å². The molecule has 0 bridgehead atoms. The fraction of sp³-hybridized carbons (Fsp3) is 0.200. The highest BCUT2D eigenvalue weighted by atomic mass is 35.5. The van der Waals surface area contributed by atoms with Gasteiger partial charge < -0.3 is 16.2 Å². The van der Waals surface area contributed by atoms with Gasteiger partial charge in [-0.1, -0.05) is 11.6 Å². The molecular formula is C25H22ClF3N8O. The zero-order valence-corrected chi connectivity index (χ0v) is 21.3. The lowest BCUT2D eigenvalue weighted by atomic mass is 10.0. The maximum atomic E-state index is 14.4. The summed E-state index contributed by atoms with van der Waals surface area (Å²) in [6, 6.07) is 6.44. The Kier molecular flexibility index (Phi) is 6.45. The van der Waals surface area contributed by atoms with E-state index in [2.05, 4.69) is 20.2 Å². The molecule has 13 heteroatoms. The van der Waals surface area contributed by atoms with Gasteiger partial charge in [0.1, 0.15) is 17.5 Å².